The van der Waals surface area contributed by atoms with Gasteiger partial charge in [-0.1, -0.05) is 13.0 Å². The fraction of sp³-hybridized carbons (Fsp3) is 0.667. The van der Waals surface area contributed by atoms with E-state index in [1.165, 1.54) is 7.11 Å². The molecular weight excluding hydrogens is 154 g/mol. The van der Waals surface area contributed by atoms with Gasteiger partial charge in [0.1, 0.15) is 5.54 Å². The average Bonchev–Trinajstić information content (AvgIpc) is 2.03. The molecule has 3 nitrogen and oxygen atoms in total. The molecule has 0 aliphatic heterocycles. The fourth-order valence-corrected chi connectivity index (χ4v) is 0.699. The SMILES string of the molecule is CC/C=C/NC(C)(C)C(=O)OC. The summed E-state index contributed by atoms with van der Waals surface area (Å²) in [7, 11) is 1.38. The van der Waals surface area contributed by atoms with Crippen molar-refractivity contribution in [3.05, 3.63) is 12.3 Å². The predicted molar refractivity (Wildman–Crippen MR) is 48.7 cm³/mol. The lowest BCUT2D eigenvalue weighted by Gasteiger charge is -2.21. The summed E-state index contributed by atoms with van der Waals surface area (Å²) < 4.78 is 4.61. The van der Waals surface area contributed by atoms with Crippen LogP contribution < -0.4 is 5.32 Å². The standard InChI is InChI=1S/C9H17NO2/c1-5-6-7-10-9(2,3)8(11)12-4/h6-7,10H,5H2,1-4H3/b7-6+. The summed E-state index contributed by atoms with van der Waals surface area (Å²) in [6.07, 6.45) is 4.67. The zero-order valence-electron chi connectivity index (χ0n) is 8.18. The van der Waals surface area contributed by atoms with E-state index in [1.54, 1.807) is 20.0 Å². The summed E-state index contributed by atoms with van der Waals surface area (Å²) >= 11 is 0. The first kappa shape index (κ1) is 11.0. The number of hydrogen-bond donors (Lipinski definition) is 1. The summed E-state index contributed by atoms with van der Waals surface area (Å²) in [5.74, 6) is -0.261. The van der Waals surface area contributed by atoms with Gasteiger partial charge in [0.05, 0.1) is 7.11 Å². The summed E-state index contributed by atoms with van der Waals surface area (Å²) in [6, 6.07) is 0. The molecule has 0 saturated heterocycles. The number of nitrogens with one attached hydrogen (secondary N) is 1. The molecule has 0 rings (SSSR count). The first-order chi connectivity index (χ1) is 5.54. The molecular formula is C9H17NO2. The van der Waals surface area contributed by atoms with Crippen LogP contribution in [0, 0.1) is 0 Å². The smallest absolute Gasteiger partial charge is 0.330 e. The minimum Gasteiger partial charge on any atom is -0.467 e. The van der Waals surface area contributed by atoms with Crippen LogP contribution in [0.3, 0.4) is 0 Å². The molecule has 70 valence electrons. The van der Waals surface area contributed by atoms with Gasteiger partial charge in [-0.15, -0.1) is 0 Å². The van der Waals surface area contributed by atoms with Crippen LogP contribution in [0.2, 0.25) is 0 Å². The quantitative estimate of drug-likeness (QED) is 0.651. The largest absolute Gasteiger partial charge is 0.467 e. The maximum atomic E-state index is 11.1. The Kier molecular flexibility index (Phi) is 4.40. The third-order valence-electron chi connectivity index (χ3n) is 1.49. The van der Waals surface area contributed by atoms with Crippen molar-refractivity contribution in [2.45, 2.75) is 32.7 Å². The number of carbonyl (C=O) groups is 1. The van der Waals surface area contributed by atoms with Gasteiger partial charge in [0, 0.05) is 0 Å². The zero-order valence-corrected chi connectivity index (χ0v) is 8.18. The van der Waals surface area contributed by atoms with E-state index in [0.717, 1.165) is 6.42 Å². The molecule has 0 aromatic rings. The minimum absolute atomic E-state index is 0.261. The molecule has 0 saturated carbocycles. The number of esters is 1. The van der Waals surface area contributed by atoms with E-state index in [9.17, 15) is 4.79 Å². The van der Waals surface area contributed by atoms with E-state index in [-0.39, 0.29) is 5.97 Å². The van der Waals surface area contributed by atoms with Crippen LogP contribution in [0.25, 0.3) is 0 Å². The second kappa shape index (κ2) is 4.80. The van der Waals surface area contributed by atoms with Crippen molar-refractivity contribution in [1.82, 2.24) is 5.32 Å². The van der Waals surface area contributed by atoms with Crippen LogP contribution in [0.5, 0.6) is 0 Å². The molecule has 1 N–H and O–H groups in total. The van der Waals surface area contributed by atoms with Gasteiger partial charge in [-0.2, -0.15) is 0 Å². The van der Waals surface area contributed by atoms with Gasteiger partial charge in [-0.25, -0.2) is 4.79 Å². The van der Waals surface area contributed by atoms with Crippen molar-refractivity contribution in [2.24, 2.45) is 0 Å². The maximum absolute atomic E-state index is 11.1. The van der Waals surface area contributed by atoms with Crippen molar-refractivity contribution >= 4 is 5.97 Å². The van der Waals surface area contributed by atoms with E-state index >= 15 is 0 Å². The van der Waals surface area contributed by atoms with Gasteiger partial charge in [0.25, 0.3) is 0 Å². The number of rotatable bonds is 4. The Morgan fingerprint density at radius 1 is 1.58 bits per heavy atom. The number of ether oxygens (including phenoxy) is 1. The van der Waals surface area contributed by atoms with Gasteiger partial charge < -0.3 is 10.1 Å². The number of methoxy groups -OCH3 is 1. The summed E-state index contributed by atoms with van der Waals surface area (Å²) in [5, 5.41) is 2.96. The first-order valence-electron chi connectivity index (χ1n) is 4.05. The minimum atomic E-state index is -0.638. The molecule has 0 spiro atoms. The number of carbonyl (C=O) groups excluding carboxylic acids is 1. The molecule has 0 aromatic carbocycles. The third kappa shape index (κ3) is 3.42. The van der Waals surface area contributed by atoms with Crippen LogP contribution in [0.1, 0.15) is 27.2 Å². The summed E-state index contributed by atoms with van der Waals surface area (Å²) in [5.41, 5.74) is -0.638. The highest BCUT2D eigenvalue weighted by Gasteiger charge is 2.26. The van der Waals surface area contributed by atoms with Gasteiger partial charge in [0.2, 0.25) is 0 Å². The van der Waals surface area contributed by atoms with E-state index in [0.29, 0.717) is 0 Å². The van der Waals surface area contributed by atoms with Crippen molar-refractivity contribution in [3.63, 3.8) is 0 Å². The topological polar surface area (TPSA) is 38.3 Å². The van der Waals surface area contributed by atoms with Crippen LogP contribution in [0.4, 0.5) is 0 Å². The monoisotopic (exact) mass is 171 g/mol. The summed E-state index contributed by atoms with van der Waals surface area (Å²) in [4.78, 5) is 11.1. The zero-order chi connectivity index (χ0) is 9.61. The average molecular weight is 171 g/mol. The lowest BCUT2D eigenvalue weighted by atomic mass is 10.1. The maximum Gasteiger partial charge on any atom is 0.330 e. The molecule has 0 aliphatic rings. The third-order valence-corrected chi connectivity index (χ3v) is 1.49. The summed E-state index contributed by atoms with van der Waals surface area (Å²) in [6.45, 7) is 5.58. The van der Waals surface area contributed by atoms with Crippen molar-refractivity contribution < 1.29 is 9.53 Å². The molecule has 12 heavy (non-hydrogen) atoms. The van der Waals surface area contributed by atoms with Gasteiger partial charge in [-0.05, 0) is 26.5 Å². The van der Waals surface area contributed by atoms with Crippen molar-refractivity contribution in [3.8, 4) is 0 Å². The van der Waals surface area contributed by atoms with E-state index in [1.807, 2.05) is 13.0 Å². The van der Waals surface area contributed by atoms with E-state index < -0.39 is 5.54 Å². The Bertz CT molecular complexity index is 173. The van der Waals surface area contributed by atoms with Crippen molar-refractivity contribution in [1.29, 1.82) is 0 Å². The molecule has 0 fully saturated rings. The van der Waals surface area contributed by atoms with Gasteiger partial charge >= 0.3 is 5.97 Å². The normalized spacial score (nSPS) is 11.7. The van der Waals surface area contributed by atoms with Gasteiger partial charge in [-0.3, -0.25) is 0 Å². The van der Waals surface area contributed by atoms with Crippen LogP contribution in [-0.4, -0.2) is 18.6 Å². The predicted octanol–water partition coefficient (Wildman–Crippen LogP) is 1.45. The van der Waals surface area contributed by atoms with E-state index in [4.69, 9.17) is 0 Å². The van der Waals surface area contributed by atoms with Crippen LogP contribution in [-0.2, 0) is 9.53 Å². The number of hydrogen-bond acceptors (Lipinski definition) is 3. The van der Waals surface area contributed by atoms with Gasteiger partial charge in [0.15, 0.2) is 0 Å². The molecule has 0 aromatic heterocycles. The fourth-order valence-electron chi connectivity index (χ4n) is 0.699. The Balaban J connectivity index is 4.03. The molecule has 0 radical (unpaired) electrons. The van der Waals surface area contributed by atoms with E-state index in [2.05, 4.69) is 10.1 Å². The molecule has 3 heteroatoms. The molecule has 0 bridgehead atoms. The second-order valence-electron chi connectivity index (χ2n) is 3.07. The number of allylic oxidation sites excluding steroid dienone is 1. The Morgan fingerprint density at radius 2 is 2.17 bits per heavy atom. The van der Waals surface area contributed by atoms with Crippen molar-refractivity contribution in [2.75, 3.05) is 7.11 Å². The highest BCUT2D eigenvalue weighted by atomic mass is 16.5. The molecule has 0 unspecified atom stereocenters. The Morgan fingerprint density at radius 3 is 2.58 bits per heavy atom. The Labute approximate surface area is 73.8 Å². The first-order valence-corrected chi connectivity index (χ1v) is 4.05. The molecule has 0 amide bonds. The van der Waals surface area contributed by atoms with Crippen LogP contribution >= 0.6 is 0 Å². The molecule has 0 atom stereocenters. The molecule has 0 aliphatic carbocycles. The second-order valence-corrected chi connectivity index (χ2v) is 3.07. The molecule has 0 heterocycles. The highest BCUT2D eigenvalue weighted by Crippen LogP contribution is 2.03. The van der Waals surface area contributed by atoms with Crippen LogP contribution in [0.15, 0.2) is 12.3 Å². The lowest BCUT2D eigenvalue weighted by Crippen LogP contribution is -2.44. The lowest BCUT2D eigenvalue weighted by molar-refractivity contribution is -0.146. The highest BCUT2D eigenvalue weighted by molar-refractivity contribution is 5.79. The Hall–Kier alpha value is -0.990.